The maximum atomic E-state index is 13.9. The van der Waals surface area contributed by atoms with E-state index < -0.39 is 19.0 Å². The molecule has 0 fully saturated rings. The SMILES string of the molecule is [2H]C([2H])(c1ccccc1OCCCCCC(=O)CO)N(Cc1ccccc1)C(=O)c1ccc(-c2ccncc2)cc1. The van der Waals surface area contributed by atoms with Gasteiger partial charge in [0.2, 0.25) is 0 Å². The van der Waals surface area contributed by atoms with Gasteiger partial charge in [-0.2, -0.15) is 0 Å². The molecule has 0 spiro atoms. The third kappa shape index (κ3) is 8.35. The van der Waals surface area contributed by atoms with Crippen molar-refractivity contribution in [1.82, 2.24) is 9.88 Å². The number of aliphatic hydroxyl groups is 1. The standard InChI is InChI=1S/C33H34N2O4/c36-25-31(37)12-5-2-8-22-39-32-13-7-6-11-30(32)24-35(23-26-9-3-1-4-10-26)33(38)29-16-14-27(15-17-29)28-18-20-34-21-19-28/h1,3-4,6-7,9-11,13-21,36H,2,5,8,12,22-25H2/i24D2. The predicted octanol–water partition coefficient (Wildman–Crippen LogP) is 6.09. The highest BCUT2D eigenvalue weighted by atomic mass is 16.5. The molecule has 1 N–H and O–H groups in total. The second-order valence-electron chi connectivity index (χ2n) is 9.15. The van der Waals surface area contributed by atoms with Gasteiger partial charge in [0.25, 0.3) is 5.91 Å². The number of benzene rings is 3. The van der Waals surface area contributed by atoms with Crippen molar-refractivity contribution >= 4 is 11.7 Å². The Hall–Kier alpha value is -4.29. The van der Waals surface area contributed by atoms with E-state index in [1.807, 2.05) is 54.6 Å². The molecule has 39 heavy (non-hydrogen) atoms. The smallest absolute Gasteiger partial charge is 0.254 e. The minimum atomic E-state index is -2.19. The van der Waals surface area contributed by atoms with Crippen LogP contribution < -0.4 is 4.74 Å². The lowest BCUT2D eigenvalue weighted by molar-refractivity contribution is -0.121. The number of carbonyl (C=O) groups is 2. The van der Waals surface area contributed by atoms with Crippen LogP contribution in [0, 0.1) is 0 Å². The molecule has 0 aliphatic heterocycles. The number of pyridine rings is 1. The zero-order valence-corrected chi connectivity index (χ0v) is 21.8. The first-order valence-corrected chi connectivity index (χ1v) is 13.1. The van der Waals surface area contributed by atoms with Crippen LogP contribution in [0.15, 0.2) is 103 Å². The summed E-state index contributed by atoms with van der Waals surface area (Å²) in [7, 11) is 0. The number of unbranched alkanes of at least 4 members (excludes halogenated alkanes) is 2. The lowest BCUT2D eigenvalue weighted by Gasteiger charge is -2.24. The van der Waals surface area contributed by atoms with Crippen molar-refractivity contribution in [3.63, 3.8) is 0 Å². The molecule has 3 aromatic carbocycles. The Balaban J connectivity index is 1.57. The van der Waals surface area contributed by atoms with Gasteiger partial charge in [-0.1, -0.05) is 60.7 Å². The van der Waals surface area contributed by atoms with E-state index in [4.69, 9.17) is 9.84 Å². The van der Waals surface area contributed by atoms with Crippen LogP contribution in [0.4, 0.5) is 0 Å². The zero-order valence-electron chi connectivity index (χ0n) is 23.8. The molecule has 0 aliphatic carbocycles. The van der Waals surface area contributed by atoms with Crippen molar-refractivity contribution in [3.8, 4) is 16.9 Å². The van der Waals surface area contributed by atoms with Crippen molar-refractivity contribution in [1.29, 1.82) is 0 Å². The molecule has 1 amide bonds. The number of para-hydroxylation sites is 1. The average Bonchev–Trinajstić information content (AvgIpc) is 3.02. The lowest BCUT2D eigenvalue weighted by atomic mass is 10.0. The summed E-state index contributed by atoms with van der Waals surface area (Å²) in [5.74, 6) is -0.258. The first-order chi connectivity index (χ1) is 19.9. The Bertz CT molecular complexity index is 1410. The fourth-order valence-electron chi connectivity index (χ4n) is 4.13. The van der Waals surface area contributed by atoms with Crippen LogP contribution in [0.25, 0.3) is 11.1 Å². The number of nitrogens with zero attached hydrogens (tertiary/aromatic N) is 2. The van der Waals surface area contributed by atoms with Crippen LogP contribution in [0.1, 0.15) is 49.9 Å². The third-order valence-corrected chi connectivity index (χ3v) is 6.25. The molecule has 0 bridgehead atoms. The zero-order chi connectivity index (χ0) is 29.1. The van der Waals surface area contributed by atoms with Gasteiger partial charge in [0.05, 0.1) is 9.35 Å². The minimum Gasteiger partial charge on any atom is -0.493 e. The van der Waals surface area contributed by atoms with E-state index in [0.29, 0.717) is 37.2 Å². The fourth-order valence-corrected chi connectivity index (χ4v) is 4.13. The maximum absolute atomic E-state index is 13.9. The first-order valence-electron chi connectivity index (χ1n) is 14.1. The summed E-state index contributed by atoms with van der Waals surface area (Å²) in [4.78, 5) is 30.5. The Morgan fingerprint density at radius 3 is 2.26 bits per heavy atom. The van der Waals surface area contributed by atoms with Crippen molar-refractivity contribution in [2.24, 2.45) is 0 Å². The number of carbonyl (C=O) groups excluding carboxylic acids is 2. The van der Waals surface area contributed by atoms with Gasteiger partial charge in [-0.3, -0.25) is 14.6 Å². The quantitative estimate of drug-likeness (QED) is 0.202. The topological polar surface area (TPSA) is 79.7 Å². The van der Waals surface area contributed by atoms with Gasteiger partial charge in [-0.25, -0.2) is 0 Å². The van der Waals surface area contributed by atoms with E-state index in [-0.39, 0.29) is 17.9 Å². The minimum absolute atomic E-state index is 0.0615. The van der Waals surface area contributed by atoms with E-state index in [1.54, 1.807) is 48.8 Å². The number of rotatable bonds is 14. The van der Waals surface area contributed by atoms with E-state index in [1.165, 1.54) is 4.90 Å². The van der Waals surface area contributed by atoms with Crippen molar-refractivity contribution in [3.05, 3.63) is 120 Å². The van der Waals surface area contributed by atoms with Crippen molar-refractivity contribution < 1.29 is 22.2 Å². The van der Waals surface area contributed by atoms with Crippen LogP contribution in [-0.2, 0) is 17.8 Å². The van der Waals surface area contributed by atoms with Gasteiger partial charge in [0, 0.05) is 43.0 Å². The van der Waals surface area contributed by atoms with Crippen LogP contribution in [-0.4, -0.2) is 39.9 Å². The van der Waals surface area contributed by atoms with Crippen molar-refractivity contribution in [2.75, 3.05) is 13.2 Å². The van der Waals surface area contributed by atoms with Crippen LogP contribution in [0.3, 0.4) is 0 Å². The summed E-state index contributed by atoms with van der Waals surface area (Å²) in [6.07, 6.45) is 5.83. The number of Topliss-reactive ketones (excluding diaryl/α,β-unsaturated/α-hetero) is 1. The van der Waals surface area contributed by atoms with Crippen LogP contribution in [0.5, 0.6) is 5.75 Å². The number of aliphatic hydroxyl groups excluding tert-OH is 1. The van der Waals surface area contributed by atoms with Gasteiger partial charge in [0.1, 0.15) is 12.4 Å². The molecule has 6 heteroatoms. The Morgan fingerprint density at radius 2 is 1.51 bits per heavy atom. The molecular weight excluding hydrogens is 488 g/mol. The van der Waals surface area contributed by atoms with Gasteiger partial charge >= 0.3 is 0 Å². The first kappa shape index (κ1) is 25.0. The lowest BCUT2D eigenvalue weighted by Crippen LogP contribution is -2.30. The fraction of sp³-hybridized carbons (Fsp3) is 0.242. The Kier molecular flexibility index (Phi) is 9.36. The summed E-state index contributed by atoms with van der Waals surface area (Å²) in [5.41, 5.74) is 3.34. The maximum Gasteiger partial charge on any atom is 0.254 e. The highest BCUT2D eigenvalue weighted by Gasteiger charge is 2.19. The second kappa shape index (κ2) is 14.6. The molecule has 1 aromatic heterocycles. The Morgan fingerprint density at radius 1 is 0.821 bits per heavy atom. The molecule has 6 nitrogen and oxygen atoms in total. The highest BCUT2D eigenvalue weighted by Crippen LogP contribution is 2.24. The molecule has 4 aromatic rings. The summed E-state index contributed by atoms with van der Waals surface area (Å²) in [6.45, 7) is -2.23. The molecule has 0 radical (unpaired) electrons. The largest absolute Gasteiger partial charge is 0.493 e. The van der Waals surface area contributed by atoms with Crippen molar-refractivity contribution in [2.45, 2.75) is 38.7 Å². The second-order valence-corrected chi connectivity index (χ2v) is 9.15. The monoisotopic (exact) mass is 524 g/mol. The number of ether oxygens (including phenoxy) is 1. The number of hydrogen-bond acceptors (Lipinski definition) is 5. The third-order valence-electron chi connectivity index (χ3n) is 6.25. The van der Waals surface area contributed by atoms with E-state index >= 15 is 0 Å². The van der Waals surface area contributed by atoms with Crippen LogP contribution >= 0.6 is 0 Å². The van der Waals surface area contributed by atoms with Gasteiger partial charge < -0.3 is 14.7 Å². The predicted molar refractivity (Wildman–Crippen MR) is 152 cm³/mol. The molecule has 0 saturated heterocycles. The normalized spacial score (nSPS) is 11.8. The molecule has 0 aliphatic rings. The summed E-state index contributed by atoms with van der Waals surface area (Å²) in [6, 6.07) is 27.1. The van der Waals surface area contributed by atoms with E-state index in [0.717, 1.165) is 23.1 Å². The van der Waals surface area contributed by atoms with E-state index in [9.17, 15) is 12.3 Å². The number of hydrogen-bond donors (Lipinski definition) is 1. The van der Waals surface area contributed by atoms with Crippen LogP contribution in [0.2, 0.25) is 0 Å². The molecular formula is C33H34N2O4. The number of aromatic nitrogens is 1. The molecule has 0 atom stereocenters. The van der Waals surface area contributed by atoms with E-state index in [2.05, 4.69) is 4.98 Å². The molecule has 4 rings (SSSR count). The summed E-state index contributed by atoms with van der Waals surface area (Å²) in [5, 5.41) is 8.86. The molecule has 0 saturated carbocycles. The number of ketones is 1. The van der Waals surface area contributed by atoms with Gasteiger partial charge in [-0.15, -0.1) is 0 Å². The van der Waals surface area contributed by atoms with Gasteiger partial charge in [-0.05, 0) is 66.3 Å². The summed E-state index contributed by atoms with van der Waals surface area (Å²) >= 11 is 0. The number of amides is 1. The van der Waals surface area contributed by atoms with Gasteiger partial charge in [0.15, 0.2) is 5.78 Å². The average molecular weight is 525 g/mol. The summed E-state index contributed by atoms with van der Waals surface area (Å²) < 4.78 is 24.4. The molecule has 1 heterocycles. The highest BCUT2D eigenvalue weighted by molar-refractivity contribution is 5.94. The molecule has 200 valence electrons. The Labute approximate surface area is 232 Å². The molecule has 0 unspecified atom stereocenters.